The Hall–Kier alpha value is -2.21. The van der Waals surface area contributed by atoms with Crippen molar-refractivity contribution in [1.29, 1.82) is 0 Å². The molecule has 0 bridgehead atoms. The number of esters is 1. The molecule has 4 nitrogen and oxygen atoms in total. The van der Waals surface area contributed by atoms with E-state index in [0.29, 0.717) is 15.3 Å². The summed E-state index contributed by atoms with van der Waals surface area (Å²) < 4.78 is 18.0. The summed E-state index contributed by atoms with van der Waals surface area (Å²) in [6.07, 6.45) is 0. The second kappa shape index (κ2) is 6.29. The maximum absolute atomic E-state index is 13.4. The van der Waals surface area contributed by atoms with Gasteiger partial charge in [0.2, 0.25) is 0 Å². The molecule has 6 heteroatoms. The minimum atomic E-state index is -0.483. The predicted octanol–water partition coefficient (Wildman–Crippen LogP) is 2.60. The Labute approximate surface area is 119 Å². The average Bonchev–Trinajstić information content (AvgIpc) is 2.95. The third-order valence-electron chi connectivity index (χ3n) is 2.61. The molecule has 0 saturated carbocycles. The van der Waals surface area contributed by atoms with Gasteiger partial charge in [-0.25, -0.2) is 9.18 Å². The van der Waals surface area contributed by atoms with E-state index >= 15 is 0 Å². The molecule has 0 aliphatic heterocycles. The predicted molar refractivity (Wildman–Crippen MR) is 73.2 cm³/mol. The number of halogens is 1. The van der Waals surface area contributed by atoms with Gasteiger partial charge in [-0.15, -0.1) is 11.3 Å². The average molecular weight is 293 g/mol. The van der Waals surface area contributed by atoms with Crippen LogP contribution in [0, 0.1) is 5.82 Å². The van der Waals surface area contributed by atoms with Crippen LogP contribution in [0.3, 0.4) is 0 Å². The van der Waals surface area contributed by atoms with E-state index < -0.39 is 5.97 Å². The third-order valence-corrected chi connectivity index (χ3v) is 3.68. The molecule has 2 aromatic rings. The lowest BCUT2D eigenvalue weighted by Gasteiger charge is -2.04. The minimum Gasteiger partial charge on any atom is -0.465 e. The number of rotatable bonds is 4. The van der Waals surface area contributed by atoms with Gasteiger partial charge in [0.25, 0.3) is 5.91 Å². The molecular formula is C14H12FNO3S. The summed E-state index contributed by atoms with van der Waals surface area (Å²) in [5.74, 6) is -1.20. The van der Waals surface area contributed by atoms with Gasteiger partial charge in [0, 0.05) is 12.1 Å². The van der Waals surface area contributed by atoms with E-state index in [1.165, 1.54) is 25.3 Å². The first-order chi connectivity index (χ1) is 9.61. The van der Waals surface area contributed by atoms with E-state index in [1.807, 2.05) is 0 Å². The van der Waals surface area contributed by atoms with Gasteiger partial charge in [-0.3, -0.25) is 4.79 Å². The Kier molecular flexibility index (Phi) is 4.47. The van der Waals surface area contributed by atoms with E-state index in [1.54, 1.807) is 18.2 Å². The van der Waals surface area contributed by atoms with Crippen LogP contribution < -0.4 is 5.32 Å². The van der Waals surface area contributed by atoms with Crippen molar-refractivity contribution >= 4 is 23.2 Å². The zero-order valence-corrected chi connectivity index (χ0v) is 11.5. The van der Waals surface area contributed by atoms with Gasteiger partial charge in [-0.1, -0.05) is 18.2 Å². The van der Waals surface area contributed by atoms with Crippen molar-refractivity contribution in [1.82, 2.24) is 5.32 Å². The van der Waals surface area contributed by atoms with Crippen LogP contribution in [0.15, 0.2) is 36.4 Å². The van der Waals surface area contributed by atoms with Crippen molar-refractivity contribution < 1.29 is 18.7 Å². The fourth-order valence-corrected chi connectivity index (χ4v) is 2.42. The molecule has 0 unspecified atom stereocenters. The van der Waals surface area contributed by atoms with Crippen molar-refractivity contribution in [2.24, 2.45) is 0 Å². The number of hydrogen-bond donors (Lipinski definition) is 1. The first kappa shape index (κ1) is 14.2. The highest BCUT2D eigenvalue weighted by Crippen LogP contribution is 2.17. The number of amides is 1. The molecule has 0 fully saturated rings. The fourth-order valence-electron chi connectivity index (χ4n) is 1.57. The number of thiophene rings is 1. The first-order valence-corrected chi connectivity index (χ1v) is 6.63. The highest BCUT2D eigenvalue weighted by atomic mass is 32.1. The minimum absolute atomic E-state index is 0.0942. The number of benzene rings is 1. The molecule has 0 spiro atoms. The van der Waals surface area contributed by atoms with Gasteiger partial charge < -0.3 is 10.1 Å². The Bertz CT molecular complexity index is 639. The summed E-state index contributed by atoms with van der Waals surface area (Å²) in [6, 6.07) is 9.28. The lowest BCUT2D eigenvalue weighted by molar-refractivity contribution is 0.0606. The summed E-state index contributed by atoms with van der Waals surface area (Å²) in [5, 5.41) is 2.61. The first-order valence-electron chi connectivity index (χ1n) is 5.81. The molecule has 2 rings (SSSR count). The summed E-state index contributed by atoms with van der Waals surface area (Å²) in [4.78, 5) is 23.9. The second-order valence-electron chi connectivity index (χ2n) is 3.93. The summed E-state index contributed by atoms with van der Waals surface area (Å²) >= 11 is 1.03. The molecule has 1 heterocycles. The van der Waals surface area contributed by atoms with Gasteiger partial charge in [0.05, 0.1) is 12.0 Å². The lowest BCUT2D eigenvalue weighted by Crippen LogP contribution is -2.22. The monoisotopic (exact) mass is 293 g/mol. The van der Waals surface area contributed by atoms with Crippen LogP contribution in [-0.2, 0) is 11.3 Å². The topological polar surface area (TPSA) is 55.4 Å². The normalized spacial score (nSPS) is 10.1. The Morgan fingerprint density at radius 2 is 1.90 bits per heavy atom. The smallest absolute Gasteiger partial charge is 0.348 e. The zero-order chi connectivity index (χ0) is 14.5. The highest BCUT2D eigenvalue weighted by molar-refractivity contribution is 7.15. The number of methoxy groups -OCH3 is 1. The molecule has 0 aliphatic rings. The molecular weight excluding hydrogens is 281 g/mol. The maximum atomic E-state index is 13.4. The summed E-state index contributed by atoms with van der Waals surface area (Å²) in [6.45, 7) is 0.0942. The Morgan fingerprint density at radius 1 is 1.20 bits per heavy atom. The highest BCUT2D eigenvalue weighted by Gasteiger charge is 2.14. The zero-order valence-electron chi connectivity index (χ0n) is 10.7. The Balaban J connectivity index is 2.00. The van der Waals surface area contributed by atoms with Crippen LogP contribution in [0.2, 0.25) is 0 Å². The Morgan fingerprint density at radius 3 is 2.60 bits per heavy atom. The number of nitrogens with one attached hydrogen (secondary N) is 1. The van der Waals surface area contributed by atoms with Crippen LogP contribution in [0.5, 0.6) is 0 Å². The van der Waals surface area contributed by atoms with Gasteiger partial charge >= 0.3 is 5.97 Å². The van der Waals surface area contributed by atoms with Gasteiger partial charge in [0.1, 0.15) is 10.7 Å². The van der Waals surface area contributed by atoms with Crippen molar-refractivity contribution in [3.8, 4) is 0 Å². The number of ether oxygens (including phenoxy) is 1. The van der Waals surface area contributed by atoms with E-state index in [0.717, 1.165) is 11.3 Å². The molecule has 20 heavy (non-hydrogen) atoms. The van der Waals surface area contributed by atoms with E-state index in [4.69, 9.17) is 0 Å². The molecule has 0 saturated heterocycles. The van der Waals surface area contributed by atoms with Crippen molar-refractivity contribution in [2.45, 2.75) is 6.54 Å². The van der Waals surface area contributed by atoms with Crippen LogP contribution in [0.1, 0.15) is 24.9 Å². The van der Waals surface area contributed by atoms with E-state index in [9.17, 15) is 14.0 Å². The van der Waals surface area contributed by atoms with Crippen LogP contribution in [-0.4, -0.2) is 19.0 Å². The SMILES string of the molecule is COC(=O)c1ccc(C(=O)NCc2ccccc2F)s1. The van der Waals surface area contributed by atoms with E-state index in [-0.39, 0.29) is 18.3 Å². The maximum Gasteiger partial charge on any atom is 0.348 e. The lowest BCUT2D eigenvalue weighted by atomic mass is 10.2. The van der Waals surface area contributed by atoms with Crippen molar-refractivity contribution in [2.75, 3.05) is 7.11 Å². The van der Waals surface area contributed by atoms with E-state index in [2.05, 4.69) is 10.1 Å². The van der Waals surface area contributed by atoms with Crippen LogP contribution >= 0.6 is 11.3 Å². The van der Waals surface area contributed by atoms with Gasteiger partial charge in [-0.2, -0.15) is 0 Å². The number of carbonyl (C=O) groups excluding carboxylic acids is 2. The molecule has 0 atom stereocenters. The largest absolute Gasteiger partial charge is 0.465 e. The van der Waals surface area contributed by atoms with Crippen molar-refractivity contribution in [3.63, 3.8) is 0 Å². The second-order valence-corrected chi connectivity index (χ2v) is 5.01. The molecule has 1 aromatic carbocycles. The number of carbonyl (C=O) groups is 2. The third kappa shape index (κ3) is 3.21. The van der Waals surface area contributed by atoms with Gasteiger partial charge in [-0.05, 0) is 18.2 Å². The van der Waals surface area contributed by atoms with Gasteiger partial charge in [0.15, 0.2) is 0 Å². The van der Waals surface area contributed by atoms with Crippen LogP contribution in [0.4, 0.5) is 4.39 Å². The molecule has 1 N–H and O–H groups in total. The fraction of sp³-hybridized carbons (Fsp3) is 0.143. The summed E-state index contributed by atoms with van der Waals surface area (Å²) in [5.41, 5.74) is 0.408. The van der Waals surface area contributed by atoms with Crippen LogP contribution in [0.25, 0.3) is 0 Å². The molecule has 1 amide bonds. The molecule has 1 aromatic heterocycles. The summed E-state index contributed by atoms with van der Waals surface area (Å²) in [7, 11) is 1.28. The quantitative estimate of drug-likeness (QED) is 0.882. The molecule has 0 aliphatic carbocycles. The number of hydrogen-bond acceptors (Lipinski definition) is 4. The van der Waals surface area contributed by atoms with Crippen molar-refractivity contribution in [3.05, 3.63) is 57.5 Å². The standard InChI is InChI=1S/C14H12FNO3S/c1-19-14(18)12-7-6-11(20-12)13(17)16-8-9-4-2-3-5-10(9)15/h2-7H,8H2,1H3,(H,16,17). The molecule has 104 valence electrons. The molecule has 0 radical (unpaired) electrons.